The second-order valence-electron chi connectivity index (χ2n) is 5.34. The van der Waals surface area contributed by atoms with Gasteiger partial charge < -0.3 is 20.8 Å². The molecule has 0 bridgehead atoms. The monoisotopic (exact) mass is 272 g/mol. The van der Waals surface area contributed by atoms with Crippen LogP contribution in [0.5, 0.6) is 0 Å². The van der Waals surface area contributed by atoms with Crippen LogP contribution in [0.3, 0.4) is 0 Å². The van der Waals surface area contributed by atoms with E-state index < -0.39 is 23.8 Å². The average Bonchev–Trinajstić information content (AvgIpc) is 2.79. The fraction of sp³-hybridized carbons (Fsp3) is 0.846. The third-order valence-corrected chi connectivity index (χ3v) is 3.74. The largest absolute Gasteiger partial charge is 0.396 e. The van der Waals surface area contributed by atoms with Crippen molar-refractivity contribution in [1.82, 2.24) is 4.90 Å². The van der Waals surface area contributed by atoms with Crippen molar-refractivity contribution in [2.24, 2.45) is 11.7 Å². The molecule has 110 valence electrons. The van der Waals surface area contributed by atoms with E-state index in [4.69, 9.17) is 5.73 Å². The molecular formula is C13H24N2O4. The number of aliphatic hydroxyl groups excluding tert-OH is 2. The van der Waals surface area contributed by atoms with Gasteiger partial charge in [-0.15, -0.1) is 0 Å². The van der Waals surface area contributed by atoms with Gasteiger partial charge in [0, 0.05) is 19.0 Å². The summed E-state index contributed by atoms with van der Waals surface area (Å²) in [5.74, 6) is -1.34. The van der Waals surface area contributed by atoms with Gasteiger partial charge in [-0.05, 0) is 26.7 Å². The number of Topliss-reactive ketones (excluding diaryl/α,β-unsaturated/α-hetero) is 1. The zero-order valence-corrected chi connectivity index (χ0v) is 11.6. The Morgan fingerprint density at radius 3 is 2.53 bits per heavy atom. The van der Waals surface area contributed by atoms with Gasteiger partial charge in [0.25, 0.3) is 0 Å². The van der Waals surface area contributed by atoms with Crippen LogP contribution >= 0.6 is 0 Å². The van der Waals surface area contributed by atoms with Crippen LogP contribution in [0.25, 0.3) is 0 Å². The van der Waals surface area contributed by atoms with Crippen molar-refractivity contribution >= 4 is 11.7 Å². The van der Waals surface area contributed by atoms with E-state index in [-0.39, 0.29) is 25.0 Å². The lowest BCUT2D eigenvalue weighted by Crippen LogP contribution is -2.45. The second-order valence-corrected chi connectivity index (χ2v) is 5.34. The highest BCUT2D eigenvalue weighted by Crippen LogP contribution is 2.20. The molecule has 19 heavy (non-hydrogen) atoms. The van der Waals surface area contributed by atoms with Gasteiger partial charge in [-0.1, -0.05) is 0 Å². The van der Waals surface area contributed by atoms with Gasteiger partial charge in [-0.3, -0.25) is 9.59 Å². The fourth-order valence-corrected chi connectivity index (χ4v) is 2.37. The number of amides is 1. The molecule has 0 aromatic heterocycles. The molecule has 1 unspecified atom stereocenters. The van der Waals surface area contributed by atoms with Gasteiger partial charge >= 0.3 is 0 Å². The smallest absolute Gasteiger partial charge is 0.228 e. The lowest BCUT2D eigenvalue weighted by atomic mass is 9.96. The number of aliphatic hydroxyl groups is 2. The van der Waals surface area contributed by atoms with Crippen LogP contribution in [-0.2, 0) is 9.59 Å². The molecule has 1 saturated heterocycles. The van der Waals surface area contributed by atoms with E-state index in [0.29, 0.717) is 6.54 Å². The molecule has 0 radical (unpaired) electrons. The summed E-state index contributed by atoms with van der Waals surface area (Å²) >= 11 is 0. The van der Waals surface area contributed by atoms with E-state index in [1.54, 1.807) is 4.90 Å². The van der Waals surface area contributed by atoms with Crippen molar-refractivity contribution < 1.29 is 19.8 Å². The minimum absolute atomic E-state index is 0.120. The zero-order chi connectivity index (χ0) is 14.6. The Bertz CT molecular complexity index is 333. The van der Waals surface area contributed by atoms with Crippen molar-refractivity contribution in [3.63, 3.8) is 0 Å². The molecule has 1 aliphatic rings. The summed E-state index contributed by atoms with van der Waals surface area (Å²) in [5.41, 5.74) is 5.54. The maximum absolute atomic E-state index is 12.2. The SMILES string of the molecule is CC(O)[C@H](N)C(=O)C[C@@H](CO)C(=O)N1CCC[C@H]1C. The number of hydrogen-bond acceptors (Lipinski definition) is 5. The molecular weight excluding hydrogens is 248 g/mol. The van der Waals surface area contributed by atoms with Crippen LogP contribution in [0.15, 0.2) is 0 Å². The molecule has 1 heterocycles. The Morgan fingerprint density at radius 2 is 2.11 bits per heavy atom. The van der Waals surface area contributed by atoms with Crippen molar-refractivity contribution in [3.05, 3.63) is 0 Å². The van der Waals surface area contributed by atoms with E-state index in [2.05, 4.69) is 0 Å². The standard InChI is InChI=1S/C13H24N2O4/c1-8-4-3-5-15(8)13(19)10(7-16)6-11(18)12(14)9(2)17/h8-10,12,16-17H,3-7,14H2,1-2H3/t8-,9?,10+,12+/m1/s1. The quantitative estimate of drug-likeness (QED) is 0.591. The summed E-state index contributed by atoms with van der Waals surface area (Å²) in [6, 6.07) is -0.847. The molecule has 0 aromatic rings. The number of ketones is 1. The van der Waals surface area contributed by atoms with E-state index in [9.17, 15) is 19.8 Å². The lowest BCUT2D eigenvalue weighted by molar-refractivity contribution is -0.140. The van der Waals surface area contributed by atoms with Crippen molar-refractivity contribution in [1.29, 1.82) is 0 Å². The van der Waals surface area contributed by atoms with Gasteiger partial charge in [0.1, 0.15) is 0 Å². The van der Waals surface area contributed by atoms with Crippen molar-refractivity contribution in [2.45, 2.75) is 51.3 Å². The molecule has 1 rings (SSSR count). The first-order chi connectivity index (χ1) is 8.88. The number of carbonyl (C=O) groups excluding carboxylic acids is 2. The van der Waals surface area contributed by atoms with E-state index in [1.165, 1.54) is 6.92 Å². The molecule has 0 aromatic carbocycles. The van der Waals surface area contributed by atoms with Crippen LogP contribution in [0.2, 0.25) is 0 Å². The second kappa shape index (κ2) is 6.98. The van der Waals surface area contributed by atoms with Crippen molar-refractivity contribution in [2.75, 3.05) is 13.2 Å². The Hall–Kier alpha value is -0.980. The molecule has 0 spiro atoms. The number of nitrogens with zero attached hydrogens (tertiary/aromatic N) is 1. The molecule has 4 atom stereocenters. The normalized spacial score (nSPS) is 24.1. The van der Waals surface area contributed by atoms with Crippen LogP contribution in [0, 0.1) is 5.92 Å². The zero-order valence-electron chi connectivity index (χ0n) is 11.6. The molecule has 4 N–H and O–H groups in total. The molecule has 0 saturated carbocycles. The summed E-state index contributed by atoms with van der Waals surface area (Å²) in [5, 5.41) is 18.6. The maximum atomic E-state index is 12.2. The summed E-state index contributed by atoms with van der Waals surface area (Å²) in [7, 11) is 0. The predicted molar refractivity (Wildman–Crippen MR) is 70.3 cm³/mol. The number of hydrogen-bond donors (Lipinski definition) is 3. The fourth-order valence-electron chi connectivity index (χ4n) is 2.37. The Morgan fingerprint density at radius 1 is 1.47 bits per heavy atom. The van der Waals surface area contributed by atoms with E-state index in [0.717, 1.165) is 12.8 Å². The van der Waals surface area contributed by atoms with Gasteiger partial charge in [-0.25, -0.2) is 0 Å². The van der Waals surface area contributed by atoms with Gasteiger partial charge in [0.2, 0.25) is 5.91 Å². The number of carbonyl (C=O) groups is 2. The van der Waals surface area contributed by atoms with Gasteiger partial charge in [0.15, 0.2) is 5.78 Å². The molecule has 1 amide bonds. The third-order valence-electron chi connectivity index (χ3n) is 3.74. The van der Waals surface area contributed by atoms with Crippen LogP contribution < -0.4 is 5.73 Å². The molecule has 6 nitrogen and oxygen atoms in total. The first-order valence-electron chi connectivity index (χ1n) is 6.76. The first-order valence-corrected chi connectivity index (χ1v) is 6.76. The summed E-state index contributed by atoms with van der Waals surface area (Å²) < 4.78 is 0. The van der Waals surface area contributed by atoms with Crippen LogP contribution in [-0.4, -0.2) is 58.1 Å². The number of nitrogens with two attached hydrogens (primary N) is 1. The molecule has 6 heteroatoms. The van der Waals surface area contributed by atoms with Crippen LogP contribution in [0.4, 0.5) is 0 Å². The summed E-state index contributed by atoms with van der Waals surface area (Å²) in [6.45, 7) is 3.69. The predicted octanol–water partition coefficient (Wildman–Crippen LogP) is -0.727. The molecule has 1 fully saturated rings. The third kappa shape index (κ3) is 3.99. The summed E-state index contributed by atoms with van der Waals surface area (Å²) in [4.78, 5) is 25.7. The van der Waals surface area contributed by atoms with E-state index >= 15 is 0 Å². The Balaban J connectivity index is 2.62. The first kappa shape index (κ1) is 16.1. The number of rotatable bonds is 6. The average molecular weight is 272 g/mol. The topological polar surface area (TPSA) is 104 Å². The summed E-state index contributed by atoms with van der Waals surface area (Å²) in [6.07, 6.45) is 0.828. The lowest BCUT2D eigenvalue weighted by Gasteiger charge is -2.26. The molecule has 1 aliphatic heterocycles. The van der Waals surface area contributed by atoms with E-state index in [1.807, 2.05) is 6.92 Å². The number of likely N-dealkylation sites (tertiary alicyclic amines) is 1. The van der Waals surface area contributed by atoms with Crippen molar-refractivity contribution in [3.8, 4) is 0 Å². The highest BCUT2D eigenvalue weighted by molar-refractivity contribution is 5.90. The molecule has 0 aliphatic carbocycles. The highest BCUT2D eigenvalue weighted by Gasteiger charge is 2.33. The Labute approximate surface area is 113 Å². The van der Waals surface area contributed by atoms with Gasteiger partial charge in [0.05, 0.1) is 24.7 Å². The maximum Gasteiger partial charge on any atom is 0.228 e. The minimum atomic E-state index is -1.00. The van der Waals surface area contributed by atoms with Crippen LogP contribution in [0.1, 0.15) is 33.1 Å². The Kier molecular flexibility index (Phi) is 5.90. The highest BCUT2D eigenvalue weighted by atomic mass is 16.3. The van der Waals surface area contributed by atoms with Gasteiger partial charge in [-0.2, -0.15) is 0 Å². The minimum Gasteiger partial charge on any atom is -0.396 e.